The molecule has 0 aliphatic heterocycles. The van der Waals surface area contributed by atoms with Gasteiger partial charge in [0.1, 0.15) is 23.0 Å². The molecule has 0 aromatic heterocycles. The minimum atomic E-state index is -0.634. The number of ether oxygens (including phenoxy) is 4. The van der Waals surface area contributed by atoms with Gasteiger partial charge in [0.25, 0.3) is 0 Å². The number of fused-ring (bicyclic) bond motifs is 3. The third-order valence-corrected chi connectivity index (χ3v) is 12.5. The smallest absolute Gasteiger partial charge is 0.343 e. The lowest BCUT2D eigenvalue weighted by Gasteiger charge is -2.28. The molecule has 0 unspecified atom stereocenters. The molecule has 66 heavy (non-hydrogen) atoms. The van der Waals surface area contributed by atoms with E-state index >= 15 is 0 Å². The lowest BCUT2D eigenvalue weighted by Crippen LogP contribution is -2.14. The number of rotatable bonds is 12. The van der Waals surface area contributed by atoms with Crippen LogP contribution in [-0.4, -0.2) is 23.9 Å². The fourth-order valence-electron chi connectivity index (χ4n) is 9.02. The second-order valence-electron chi connectivity index (χ2n) is 17.0. The van der Waals surface area contributed by atoms with Crippen LogP contribution in [0.3, 0.4) is 0 Å². The zero-order chi connectivity index (χ0) is 45.7. The monoisotopic (exact) mass is 872 g/mol. The highest BCUT2D eigenvalue weighted by molar-refractivity contribution is 6.11. The topological polar surface area (TPSA) is 105 Å². The van der Waals surface area contributed by atoms with Gasteiger partial charge in [0.15, 0.2) is 0 Å². The average molecular weight is 873 g/mol. The Balaban J connectivity index is 0.957. The van der Waals surface area contributed by atoms with Gasteiger partial charge < -0.3 is 18.9 Å². The molecule has 0 heterocycles. The van der Waals surface area contributed by atoms with Crippen molar-refractivity contribution in [1.29, 1.82) is 0 Å². The summed E-state index contributed by atoms with van der Waals surface area (Å²) in [5.74, 6) is 0.297. The van der Waals surface area contributed by atoms with Crippen LogP contribution in [0.4, 0.5) is 0 Å². The lowest BCUT2D eigenvalue weighted by atomic mass is 9.77. The average Bonchev–Trinajstić information content (AvgIpc) is 3.34. The van der Waals surface area contributed by atoms with E-state index in [1.54, 1.807) is 55.5 Å². The maximum Gasteiger partial charge on any atom is 0.343 e. The SMILES string of the molecule is C=C(C)C(=O)Oc1ccc2cc(C(=O)Oc3ccc(C(=O)Oc4ccc5ccccc5c4-c4c(OC(=O)c5ccc(C6CCC(CCC)CC6)cc5)ccc5ccccc45)cc3)ccc2c1. The molecule has 0 amide bonds. The maximum atomic E-state index is 14.0. The molecule has 8 heteroatoms. The Bertz CT molecular complexity index is 3160. The van der Waals surface area contributed by atoms with Crippen molar-refractivity contribution >= 4 is 56.2 Å². The van der Waals surface area contributed by atoms with E-state index in [0.717, 1.165) is 38.2 Å². The number of hydrogen-bond donors (Lipinski definition) is 0. The molecule has 1 fully saturated rings. The van der Waals surface area contributed by atoms with Crippen molar-refractivity contribution in [2.45, 2.75) is 58.3 Å². The van der Waals surface area contributed by atoms with Crippen LogP contribution in [0.15, 0.2) is 170 Å². The molecule has 1 aliphatic rings. The third-order valence-electron chi connectivity index (χ3n) is 12.5. The summed E-state index contributed by atoms with van der Waals surface area (Å²) in [4.78, 5) is 53.2. The van der Waals surface area contributed by atoms with Gasteiger partial charge in [-0.15, -0.1) is 0 Å². The van der Waals surface area contributed by atoms with Crippen molar-refractivity contribution in [3.8, 4) is 34.1 Å². The van der Waals surface area contributed by atoms with Crippen LogP contribution in [0.25, 0.3) is 43.4 Å². The third kappa shape index (κ3) is 9.35. The van der Waals surface area contributed by atoms with Gasteiger partial charge in [-0.3, -0.25) is 0 Å². The normalized spacial score (nSPS) is 14.7. The molecule has 1 aliphatic carbocycles. The highest BCUT2D eigenvalue weighted by atomic mass is 16.5. The van der Waals surface area contributed by atoms with Crippen LogP contribution < -0.4 is 18.9 Å². The van der Waals surface area contributed by atoms with Gasteiger partial charge in [-0.05, 0) is 155 Å². The molecular formula is C58H48O8. The summed E-state index contributed by atoms with van der Waals surface area (Å²) in [6.45, 7) is 7.44. The fourth-order valence-corrected chi connectivity index (χ4v) is 9.02. The Morgan fingerprint density at radius 3 is 1.56 bits per heavy atom. The number of carbonyl (C=O) groups excluding carboxylic acids is 4. The predicted octanol–water partition coefficient (Wildman–Crippen LogP) is 14.0. The second kappa shape index (κ2) is 19.1. The Labute approximate surface area is 383 Å². The van der Waals surface area contributed by atoms with Crippen molar-refractivity contribution < 1.29 is 38.1 Å². The predicted molar refractivity (Wildman–Crippen MR) is 259 cm³/mol. The van der Waals surface area contributed by atoms with Gasteiger partial charge in [-0.25, -0.2) is 19.2 Å². The summed E-state index contributed by atoms with van der Waals surface area (Å²) in [5, 5.41) is 4.96. The van der Waals surface area contributed by atoms with E-state index < -0.39 is 23.9 Å². The zero-order valence-electron chi connectivity index (χ0n) is 36.9. The molecule has 0 spiro atoms. The number of benzene rings is 8. The first-order valence-electron chi connectivity index (χ1n) is 22.4. The van der Waals surface area contributed by atoms with Crippen molar-refractivity contribution in [1.82, 2.24) is 0 Å². The fraction of sp³-hybridized carbons (Fsp3) is 0.172. The molecule has 0 atom stereocenters. The van der Waals surface area contributed by atoms with Crippen LogP contribution >= 0.6 is 0 Å². The van der Waals surface area contributed by atoms with Crippen molar-refractivity contribution in [3.63, 3.8) is 0 Å². The van der Waals surface area contributed by atoms with E-state index in [2.05, 4.69) is 25.6 Å². The first kappa shape index (κ1) is 43.4. The molecular weight excluding hydrogens is 825 g/mol. The Hall–Kier alpha value is -7.84. The van der Waals surface area contributed by atoms with E-state index in [9.17, 15) is 19.2 Å². The van der Waals surface area contributed by atoms with Crippen LogP contribution in [0.1, 0.15) is 94.9 Å². The van der Waals surface area contributed by atoms with E-state index in [4.69, 9.17) is 18.9 Å². The molecule has 9 rings (SSSR count). The Morgan fingerprint density at radius 2 is 0.985 bits per heavy atom. The van der Waals surface area contributed by atoms with Crippen LogP contribution in [0.5, 0.6) is 23.0 Å². The molecule has 328 valence electrons. The second-order valence-corrected chi connectivity index (χ2v) is 17.0. The molecule has 8 aromatic carbocycles. The van der Waals surface area contributed by atoms with Crippen molar-refractivity contribution in [2.75, 3.05) is 0 Å². The molecule has 0 N–H and O–H groups in total. The van der Waals surface area contributed by atoms with Crippen molar-refractivity contribution in [3.05, 3.63) is 192 Å². The first-order chi connectivity index (χ1) is 32.1. The van der Waals surface area contributed by atoms with Gasteiger partial charge in [0.05, 0.1) is 16.7 Å². The first-order valence-corrected chi connectivity index (χ1v) is 22.4. The molecule has 0 radical (unpaired) electrons. The summed E-state index contributed by atoms with van der Waals surface area (Å²) in [7, 11) is 0. The van der Waals surface area contributed by atoms with Gasteiger partial charge in [-0.1, -0.05) is 111 Å². The standard InChI is InChI=1S/C58H48O8/c1-4-9-37-14-16-38(17-15-37)39-18-20-42(21-19-39)56(60)65-51-32-27-40-10-5-7-12-49(40)53(51)54-50-13-8-6-11-41(50)28-33-52(54)66-57(61)43-24-29-47(30-25-43)63-58(62)46-23-22-45-35-48(31-26-44(45)34-46)64-55(59)36(2)3/h5-8,10-13,18-35,37-38H,2,4,9,14-17H2,1,3H3. The molecule has 1 saturated carbocycles. The van der Waals surface area contributed by atoms with Gasteiger partial charge in [0.2, 0.25) is 0 Å². The van der Waals surface area contributed by atoms with Crippen LogP contribution in [0, 0.1) is 5.92 Å². The van der Waals surface area contributed by atoms with E-state index in [-0.39, 0.29) is 22.6 Å². The van der Waals surface area contributed by atoms with Gasteiger partial charge in [-0.2, -0.15) is 0 Å². The maximum absolute atomic E-state index is 14.0. The summed E-state index contributed by atoms with van der Waals surface area (Å²) in [5.41, 5.74) is 3.75. The Morgan fingerprint density at radius 1 is 0.500 bits per heavy atom. The largest absolute Gasteiger partial charge is 0.423 e. The summed E-state index contributed by atoms with van der Waals surface area (Å²) in [6, 6.07) is 47.2. The molecule has 0 saturated heterocycles. The molecule has 8 nitrogen and oxygen atoms in total. The van der Waals surface area contributed by atoms with Gasteiger partial charge >= 0.3 is 23.9 Å². The van der Waals surface area contributed by atoms with Crippen LogP contribution in [0.2, 0.25) is 0 Å². The molecule has 8 aromatic rings. The van der Waals surface area contributed by atoms with Crippen molar-refractivity contribution in [2.24, 2.45) is 5.92 Å². The number of hydrogen-bond acceptors (Lipinski definition) is 8. The quantitative estimate of drug-likeness (QED) is 0.0679. The summed E-state index contributed by atoms with van der Waals surface area (Å²) < 4.78 is 23.5. The molecule has 0 bridgehead atoms. The van der Waals surface area contributed by atoms with E-state index in [0.29, 0.717) is 39.7 Å². The zero-order valence-corrected chi connectivity index (χ0v) is 36.9. The number of esters is 4. The highest BCUT2D eigenvalue weighted by Gasteiger charge is 2.25. The minimum absolute atomic E-state index is 0.227. The lowest BCUT2D eigenvalue weighted by molar-refractivity contribution is -0.130. The highest BCUT2D eigenvalue weighted by Crippen LogP contribution is 2.46. The van der Waals surface area contributed by atoms with E-state index in [1.165, 1.54) is 68.4 Å². The van der Waals surface area contributed by atoms with Crippen LogP contribution in [-0.2, 0) is 4.79 Å². The summed E-state index contributed by atoms with van der Waals surface area (Å²) >= 11 is 0. The Kier molecular flexibility index (Phi) is 12.6. The number of carbonyl (C=O) groups is 4. The van der Waals surface area contributed by atoms with E-state index in [1.807, 2.05) is 72.8 Å². The van der Waals surface area contributed by atoms with Gasteiger partial charge in [0, 0.05) is 16.7 Å². The minimum Gasteiger partial charge on any atom is -0.423 e. The summed E-state index contributed by atoms with van der Waals surface area (Å²) in [6.07, 6.45) is 7.36.